The number of anilines is 1. The van der Waals surface area contributed by atoms with Crippen LogP contribution in [0.25, 0.3) is 17.0 Å². The molecule has 0 saturated carbocycles. The third-order valence-corrected chi connectivity index (χ3v) is 5.74. The SMILES string of the molecule is COc1ccc(Br)cc1C1CC(=O)Nc2c1c(C)nn2-c1nc2ccccc2[nH]1. The van der Waals surface area contributed by atoms with E-state index in [9.17, 15) is 4.79 Å². The Morgan fingerprint density at radius 2 is 2.07 bits per heavy atom. The number of fused-ring (bicyclic) bond motifs is 2. The lowest BCUT2D eigenvalue weighted by atomic mass is 9.85. The van der Waals surface area contributed by atoms with Gasteiger partial charge in [0, 0.05) is 27.9 Å². The van der Waals surface area contributed by atoms with E-state index in [1.165, 1.54) is 0 Å². The smallest absolute Gasteiger partial charge is 0.231 e. The van der Waals surface area contributed by atoms with Crippen molar-refractivity contribution in [1.82, 2.24) is 19.7 Å². The zero-order valence-electron chi connectivity index (χ0n) is 15.9. The fourth-order valence-corrected chi connectivity index (χ4v) is 4.36. The number of methoxy groups -OCH3 is 1. The fraction of sp³-hybridized carbons (Fsp3) is 0.190. The lowest BCUT2D eigenvalue weighted by Crippen LogP contribution is -2.25. The van der Waals surface area contributed by atoms with E-state index in [0.717, 1.165) is 38.1 Å². The van der Waals surface area contributed by atoms with Crippen molar-refractivity contribution in [3.63, 3.8) is 0 Å². The zero-order chi connectivity index (χ0) is 20.1. The number of ether oxygens (including phenoxy) is 1. The molecule has 0 aliphatic carbocycles. The highest BCUT2D eigenvalue weighted by molar-refractivity contribution is 9.10. The molecule has 0 fully saturated rings. The number of halogens is 1. The molecule has 29 heavy (non-hydrogen) atoms. The van der Waals surface area contributed by atoms with Gasteiger partial charge in [-0.2, -0.15) is 9.78 Å². The second-order valence-electron chi connectivity index (χ2n) is 7.03. The maximum Gasteiger partial charge on any atom is 0.231 e. The summed E-state index contributed by atoms with van der Waals surface area (Å²) in [5.41, 5.74) is 4.52. The summed E-state index contributed by atoms with van der Waals surface area (Å²) < 4.78 is 8.19. The van der Waals surface area contributed by atoms with Gasteiger partial charge in [0.15, 0.2) is 0 Å². The van der Waals surface area contributed by atoms with Gasteiger partial charge in [-0.3, -0.25) is 4.79 Å². The van der Waals surface area contributed by atoms with Crippen molar-refractivity contribution in [1.29, 1.82) is 0 Å². The number of hydrogen-bond donors (Lipinski definition) is 2. The molecule has 1 atom stereocenters. The molecule has 1 unspecified atom stereocenters. The molecule has 5 rings (SSSR count). The summed E-state index contributed by atoms with van der Waals surface area (Å²) in [5, 5.41) is 7.69. The van der Waals surface area contributed by atoms with Crippen LogP contribution in [0, 0.1) is 6.92 Å². The van der Waals surface area contributed by atoms with E-state index in [2.05, 4.69) is 31.2 Å². The molecule has 2 aromatic carbocycles. The van der Waals surface area contributed by atoms with Crippen LogP contribution in [0.4, 0.5) is 5.82 Å². The number of nitrogens with one attached hydrogen (secondary N) is 2. The van der Waals surface area contributed by atoms with Gasteiger partial charge in [-0.15, -0.1) is 0 Å². The molecule has 146 valence electrons. The molecule has 0 spiro atoms. The molecular weight excluding hydrogens is 434 g/mol. The van der Waals surface area contributed by atoms with E-state index in [4.69, 9.17) is 9.84 Å². The van der Waals surface area contributed by atoms with Crippen molar-refractivity contribution in [3.05, 3.63) is 63.8 Å². The van der Waals surface area contributed by atoms with Gasteiger partial charge in [0.1, 0.15) is 11.6 Å². The second kappa shape index (κ2) is 6.73. The first-order valence-corrected chi connectivity index (χ1v) is 10.0. The van der Waals surface area contributed by atoms with Gasteiger partial charge < -0.3 is 15.0 Å². The molecule has 0 saturated heterocycles. The number of aromatic nitrogens is 4. The molecule has 1 amide bonds. The van der Waals surface area contributed by atoms with E-state index >= 15 is 0 Å². The first-order chi connectivity index (χ1) is 14.0. The third kappa shape index (κ3) is 2.91. The van der Waals surface area contributed by atoms with Crippen LogP contribution in [0.3, 0.4) is 0 Å². The Balaban J connectivity index is 1.70. The van der Waals surface area contributed by atoms with Gasteiger partial charge in [-0.1, -0.05) is 28.1 Å². The molecule has 2 N–H and O–H groups in total. The summed E-state index contributed by atoms with van der Waals surface area (Å²) in [7, 11) is 1.64. The number of carbonyl (C=O) groups excluding carboxylic acids is 1. The highest BCUT2D eigenvalue weighted by Gasteiger charge is 2.34. The van der Waals surface area contributed by atoms with Crippen LogP contribution in [0.5, 0.6) is 5.75 Å². The maximum absolute atomic E-state index is 12.6. The molecule has 0 bridgehead atoms. The molecule has 1 aliphatic heterocycles. The van der Waals surface area contributed by atoms with E-state index in [-0.39, 0.29) is 11.8 Å². The average molecular weight is 452 g/mol. The van der Waals surface area contributed by atoms with Gasteiger partial charge in [0.2, 0.25) is 11.9 Å². The number of carbonyl (C=O) groups is 1. The molecular formula is C21H18BrN5O2. The molecule has 8 heteroatoms. The van der Waals surface area contributed by atoms with E-state index in [0.29, 0.717) is 18.2 Å². The van der Waals surface area contributed by atoms with Gasteiger partial charge in [0.25, 0.3) is 0 Å². The summed E-state index contributed by atoms with van der Waals surface area (Å²) in [6.45, 7) is 1.95. The zero-order valence-corrected chi connectivity index (χ0v) is 17.4. The Labute approximate surface area is 175 Å². The summed E-state index contributed by atoms with van der Waals surface area (Å²) in [6, 6.07) is 13.6. The highest BCUT2D eigenvalue weighted by Crippen LogP contribution is 2.43. The number of aryl methyl sites for hydroxylation is 1. The Bertz CT molecular complexity index is 1230. The predicted molar refractivity (Wildman–Crippen MR) is 114 cm³/mol. The summed E-state index contributed by atoms with van der Waals surface area (Å²) in [6.07, 6.45) is 0.326. The molecule has 7 nitrogen and oxygen atoms in total. The number of aromatic amines is 1. The van der Waals surface area contributed by atoms with E-state index < -0.39 is 0 Å². The summed E-state index contributed by atoms with van der Waals surface area (Å²) in [4.78, 5) is 20.5. The largest absolute Gasteiger partial charge is 0.496 e. The van der Waals surface area contributed by atoms with Crippen molar-refractivity contribution in [2.24, 2.45) is 0 Å². The Morgan fingerprint density at radius 1 is 1.24 bits per heavy atom. The molecule has 1 aliphatic rings. The predicted octanol–water partition coefficient (Wildman–Crippen LogP) is 4.30. The minimum atomic E-state index is -0.163. The van der Waals surface area contributed by atoms with Crippen molar-refractivity contribution < 1.29 is 9.53 Å². The van der Waals surface area contributed by atoms with Crippen molar-refractivity contribution in [3.8, 4) is 11.7 Å². The van der Waals surface area contributed by atoms with E-state index in [1.807, 2.05) is 49.4 Å². The van der Waals surface area contributed by atoms with Crippen LogP contribution in [-0.4, -0.2) is 32.8 Å². The number of benzene rings is 2. The molecule has 3 heterocycles. The Morgan fingerprint density at radius 3 is 2.86 bits per heavy atom. The number of nitrogens with zero attached hydrogens (tertiary/aromatic N) is 3. The first kappa shape index (κ1) is 17.9. The van der Waals surface area contributed by atoms with Crippen LogP contribution in [0.15, 0.2) is 46.9 Å². The topological polar surface area (TPSA) is 84.8 Å². The Hall–Kier alpha value is -3.13. The number of H-pyrrole nitrogens is 1. The van der Waals surface area contributed by atoms with E-state index in [1.54, 1.807) is 11.8 Å². The first-order valence-electron chi connectivity index (χ1n) is 9.23. The number of imidazole rings is 1. The standard InChI is InChI=1S/C21H18BrN5O2/c1-11-19-14(13-9-12(22)7-8-17(13)29-2)10-18(28)25-20(19)27(26-11)21-23-15-5-3-4-6-16(15)24-21/h3-9,14H,10H2,1-2H3,(H,23,24)(H,25,28). The highest BCUT2D eigenvalue weighted by atomic mass is 79.9. The van der Waals surface area contributed by atoms with Crippen molar-refractivity contribution in [2.45, 2.75) is 19.3 Å². The van der Waals surface area contributed by atoms with Gasteiger partial charge >= 0.3 is 0 Å². The van der Waals surface area contributed by atoms with Crippen LogP contribution in [0.2, 0.25) is 0 Å². The third-order valence-electron chi connectivity index (χ3n) is 5.25. The minimum Gasteiger partial charge on any atom is -0.496 e. The van der Waals surface area contributed by atoms with Crippen molar-refractivity contribution >= 4 is 38.7 Å². The van der Waals surface area contributed by atoms with Gasteiger partial charge in [-0.25, -0.2) is 4.98 Å². The normalized spacial score (nSPS) is 16.0. The quantitative estimate of drug-likeness (QED) is 0.486. The average Bonchev–Trinajstić information content (AvgIpc) is 3.28. The van der Waals surface area contributed by atoms with Crippen LogP contribution in [-0.2, 0) is 4.79 Å². The Kier molecular flexibility index (Phi) is 4.16. The van der Waals surface area contributed by atoms with Gasteiger partial charge in [0.05, 0.1) is 23.8 Å². The van der Waals surface area contributed by atoms with Crippen LogP contribution < -0.4 is 10.1 Å². The number of rotatable bonds is 3. The maximum atomic E-state index is 12.6. The number of amides is 1. The summed E-state index contributed by atoms with van der Waals surface area (Å²) in [5.74, 6) is 1.73. The molecule has 2 aromatic heterocycles. The monoisotopic (exact) mass is 451 g/mol. The molecule has 4 aromatic rings. The number of para-hydroxylation sites is 2. The fourth-order valence-electron chi connectivity index (χ4n) is 3.98. The summed E-state index contributed by atoms with van der Waals surface area (Å²) >= 11 is 3.54. The lowest BCUT2D eigenvalue weighted by Gasteiger charge is -2.25. The molecule has 0 radical (unpaired) electrons. The van der Waals surface area contributed by atoms with Crippen LogP contribution in [0.1, 0.15) is 29.2 Å². The number of hydrogen-bond acceptors (Lipinski definition) is 4. The van der Waals surface area contributed by atoms with Crippen molar-refractivity contribution in [2.75, 3.05) is 12.4 Å². The lowest BCUT2D eigenvalue weighted by molar-refractivity contribution is -0.116. The van der Waals surface area contributed by atoms with Crippen LogP contribution >= 0.6 is 15.9 Å². The van der Waals surface area contributed by atoms with Gasteiger partial charge in [-0.05, 0) is 37.3 Å². The minimum absolute atomic E-state index is 0.0678. The second-order valence-corrected chi connectivity index (χ2v) is 7.94.